The van der Waals surface area contributed by atoms with Gasteiger partial charge in [-0.25, -0.2) is 0 Å². The number of benzene rings is 1. The highest BCUT2D eigenvalue weighted by Crippen LogP contribution is 2.24. The van der Waals surface area contributed by atoms with Gasteiger partial charge in [0.1, 0.15) is 11.4 Å². The first-order valence-corrected chi connectivity index (χ1v) is 4.87. The van der Waals surface area contributed by atoms with E-state index in [1.165, 1.54) is 0 Å². The van der Waals surface area contributed by atoms with Gasteiger partial charge in [-0.1, -0.05) is 18.2 Å². The molecule has 0 saturated carbocycles. The molecular weight excluding hydrogens is 194 g/mol. The van der Waals surface area contributed by atoms with Crippen LogP contribution in [0, 0.1) is 0 Å². The van der Waals surface area contributed by atoms with Crippen molar-refractivity contribution in [3.8, 4) is 5.75 Å². The van der Waals surface area contributed by atoms with E-state index in [-0.39, 0.29) is 6.42 Å². The summed E-state index contributed by atoms with van der Waals surface area (Å²) in [5.74, 6) is -0.104. The van der Waals surface area contributed by atoms with Gasteiger partial charge in [0.05, 0.1) is 6.42 Å². The van der Waals surface area contributed by atoms with Gasteiger partial charge < -0.3 is 15.2 Å². The molecule has 4 nitrogen and oxygen atoms in total. The Morgan fingerprint density at radius 2 is 2.07 bits per heavy atom. The SMILES string of the molecule is O=C(O)CC1(Oc2ccccc2)CNC1. The predicted octanol–water partition coefficient (Wildman–Crippen LogP) is 0.882. The Balaban J connectivity index is 2.05. The van der Waals surface area contributed by atoms with Crippen LogP contribution in [0.25, 0.3) is 0 Å². The van der Waals surface area contributed by atoms with Gasteiger partial charge in [-0.15, -0.1) is 0 Å². The lowest BCUT2D eigenvalue weighted by molar-refractivity contribution is -0.143. The van der Waals surface area contributed by atoms with Crippen LogP contribution in [0.1, 0.15) is 6.42 Å². The van der Waals surface area contributed by atoms with Crippen molar-refractivity contribution in [1.29, 1.82) is 0 Å². The van der Waals surface area contributed by atoms with Crippen molar-refractivity contribution in [1.82, 2.24) is 5.32 Å². The summed E-state index contributed by atoms with van der Waals surface area (Å²) >= 11 is 0. The van der Waals surface area contributed by atoms with E-state index in [1.807, 2.05) is 30.3 Å². The first kappa shape index (κ1) is 9.98. The van der Waals surface area contributed by atoms with Crippen LogP contribution in [0.2, 0.25) is 0 Å². The van der Waals surface area contributed by atoms with Crippen LogP contribution >= 0.6 is 0 Å². The molecule has 4 heteroatoms. The summed E-state index contributed by atoms with van der Waals surface area (Å²) < 4.78 is 5.71. The van der Waals surface area contributed by atoms with Gasteiger partial charge >= 0.3 is 5.97 Å². The van der Waals surface area contributed by atoms with Crippen LogP contribution in [0.4, 0.5) is 0 Å². The average molecular weight is 207 g/mol. The van der Waals surface area contributed by atoms with E-state index >= 15 is 0 Å². The van der Waals surface area contributed by atoms with E-state index in [4.69, 9.17) is 9.84 Å². The predicted molar refractivity (Wildman–Crippen MR) is 54.9 cm³/mol. The number of hydrogen-bond acceptors (Lipinski definition) is 3. The average Bonchev–Trinajstić information content (AvgIpc) is 2.15. The van der Waals surface area contributed by atoms with E-state index in [1.54, 1.807) is 0 Å². The summed E-state index contributed by atoms with van der Waals surface area (Å²) in [6.45, 7) is 1.18. The molecule has 80 valence electrons. The Bertz CT molecular complexity index is 346. The minimum absolute atomic E-state index is 0.0366. The van der Waals surface area contributed by atoms with Crippen LogP contribution < -0.4 is 10.1 Å². The van der Waals surface area contributed by atoms with E-state index in [0.29, 0.717) is 13.1 Å². The van der Waals surface area contributed by atoms with Gasteiger partial charge in [0.15, 0.2) is 0 Å². The molecule has 1 aromatic carbocycles. The van der Waals surface area contributed by atoms with Gasteiger partial charge in [0.25, 0.3) is 0 Å². The third-order valence-corrected chi connectivity index (χ3v) is 2.45. The highest BCUT2D eigenvalue weighted by atomic mass is 16.5. The second-order valence-corrected chi connectivity index (χ2v) is 3.77. The Morgan fingerprint density at radius 1 is 1.40 bits per heavy atom. The van der Waals surface area contributed by atoms with E-state index < -0.39 is 11.6 Å². The number of hydrogen-bond donors (Lipinski definition) is 2. The Morgan fingerprint density at radius 3 is 2.53 bits per heavy atom. The van der Waals surface area contributed by atoms with Crippen LogP contribution in [-0.2, 0) is 4.79 Å². The Labute approximate surface area is 87.9 Å². The van der Waals surface area contributed by atoms with Gasteiger partial charge in [-0.05, 0) is 12.1 Å². The topological polar surface area (TPSA) is 58.6 Å². The van der Waals surface area contributed by atoms with Gasteiger partial charge in [0, 0.05) is 13.1 Å². The van der Waals surface area contributed by atoms with Crippen molar-refractivity contribution in [3.63, 3.8) is 0 Å². The maximum absolute atomic E-state index is 10.7. The molecule has 15 heavy (non-hydrogen) atoms. The first-order chi connectivity index (χ1) is 7.20. The van der Waals surface area contributed by atoms with E-state index in [9.17, 15) is 4.79 Å². The van der Waals surface area contributed by atoms with Crippen molar-refractivity contribution in [3.05, 3.63) is 30.3 Å². The summed E-state index contributed by atoms with van der Waals surface area (Å²) in [5.41, 5.74) is -0.562. The third-order valence-electron chi connectivity index (χ3n) is 2.45. The molecule has 0 radical (unpaired) electrons. The molecular formula is C11H13NO3. The normalized spacial score (nSPS) is 17.9. The summed E-state index contributed by atoms with van der Waals surface area (Å²) in [6, 6.07) is 9.31. The monoisotopic (exact) mass is 207 g/mol. The summed E-state index contributed by atoms with van der Waals surface area (Å²) in [7, 11) is 0. The highest BCUT2D eigenvalue weighted by Gasteiger charge is 2.41. The molecule has 2 rings (SSSR count). The maximum Gasteiger partial charge on any atom is 0.307 e. The number of para-hydroxylation sites is 1. The lowest BCUT2D eigenvalue weighted by atomic mass is 9.92. The van der Waals surface area contributed by atoms with Crippen molar-refractivity contribution in [2.24, 2.45) is 0 Å². The number of carbonyl (C=O) groups is 1. The molecule has 1 saturated heterocycles. The van der Waals surface area contributed by atoms with Crippen LogP contribution in [0.15, 0.2) is 30.3 Å². The van der Waals surface area contributed by atoms with Gasteiger partial charge in [-0.3, -0.25) is 4.79 Å². The largest absolute Gasteiger partial charge is 0.484 e. The van der Waals surface area contributed by atoms with Crippen molar-refractivity contribution >= 4 is 5.97 Å². The number of carboxylic acids is 1. The Kier molecular flexibility index (Phi) is 2.60. The fourth-order valence-electron chi connectivity index (χ4n) is 1.65. The van der Waals surface area contributed by atoms with Crippen molar-refractivity contribution in [2.45, 2.75) is 12.0 Å². The van der Waals surface area contributed by atoms with E-state index in [0.717, 1.165) is 5.75 Å². The lowest BCUT2D eigenvalue weighted by Gasteiger charge is -2.41. The van der Waals surface area contributed by atoms with Crippen LogP contribution in [0.3, 0.4) is 0 Å². The number of rotatable bonds is 4. The summed E-state index contributed by atoms with van der Waals surface area (Å²) in [6.07, 6.45) is 0.0366. The molecule has 0 bridgehead atoms. The van der Waals surface area contributed by atoms with Crippen molar-refractivity contribution in [2.75, 3.05) is 13.1 Å². The minimum Gasteiger partial charge on any atom is -0.484 e. The highest BCUT2D eigenvalue weighted by molar-refractivity contribution is 5.68. The van der Waals surface area contributed by atoms with Crippen LogP contribution in [-0.4, -0.2) is 29.8 Å². The zero-order chi connectivity index (χ0) is 10.7. The smallest absolute Gasteiger partial charge is 0.307 e. The summed E-state index contributed by atoms with van der Waals surface area (Å²) in [5, 5.41) is 11.8. The number of nitrogens with one attached hydrogen (secondary N) is 1. The molecule has 0 atom stereocenters. The number of carboxylic acid groups (broad SMARTS) is 1. The molecule has 1 heterocycles. The zero-order valence-corrected chi connectivity index (χ0v) is 8.27. The molecule has 1 aliphatic rings. The second kappa shape index (κ2) is 3.90. The van der Waals surface area contributed by atoms with Gasteiger partial charge in [0.2, 0.25) is 0 Å². The third kappa shape index (κ3) is 2.27. The first-order valence-electron chi connectivity index (χ1n) is 4.87. The van der Waals surface area contributed by atoms with E-state index in [2.05, 4.69) is 5.32 Å². The molecule has 1 fully saturated rings. The molecule has 0 spiro atoms. The van der Waals surface area contributed by atoms with Crippen molar-refractivity contribution < 1.29 is 14.6 Å². The molecule has 2 N–H and O–H groups in total. The lowest BCUT2D eigenvalue weighted by Crippen LogP contribution is -2.64. The fraction of sp³-hybridized carbons (Fsp3) is 0.364. The molecule has 0 aromatic heterocycles. The Hall–Kier alpha value is -1.55. The number of aliphatic carboxylic acids is 1. The molecule has 1 aromatic rings. The molecule has 0 aliphatic carbocycles. The minimum atomic E-state index is -0.826. The standard InChI is InChI=1S/C11H13NO3/c13-10(14)6-11(7-12-8-11)15-9-4-2-1-3-5-9/h1-5,12H,6-8H2,(H,13,14). The molecule has 0 amide bonds. The fourth-order valence-corrected chi connectivity index (χ4v) is 1.65. The second-order valence-electron chi connectivity index (χ2n) is 3.77. The quantitative estimate of drug-likeness (QED) is 0.769. The van der Waals surface area contributed by atoms with Crippen LogP contribution in [0.5, 0.6) is 5.75 Å². The number of ether oxygens (including phenoxy) is 1. The maximum atomic E-state index is 10.7. The van der Waals surface area contributed by atoms with Gasteiger partial charge in [-0.2, -0.15) is 0 Å². The molecule has 0 unspecified atom stereocenters. The summed E-state index contributed by atoms with van der Waals surface area (Å²) in [4.78, 5) is 10.7. The zero-order valence-electron chi connectivity index (χ0n) is 8.27. The molecule has 1 aliphatic heterocycles.